The molecular weight excluding hydrogens is 266 g/mol. The monoisotopic (exact) mass is 283 g/mol. The average Bonchev–Trinajstić information content (AvgIpc) is 2.96. The van der Waals surface area contributed by atoms with Crippen molar-refractivity contribution in [3.05, 3.63) is 28.3 Å². The summed E-state index contributed by atoms with van der Waals surface area (Å²) in [6.45, 7) is 5.42. The summed E-state index contributed by atoms with van der Waals surface area (Å²) in [6.07, 6.45) is 3.32. The molecule has 0 unspecified atom stereocenters. The Hall–Kier alpha value is -1.40. The van der Waals surface area contributed by atoms with Crippen LogP contribution in [0.2, 0.25) is 5.02 Å². The smallest absolute Gasteiger partial charge is 0.0866 e. The lowest BCUT2D eigenvalue weighted by Gasteiger charge is -2.04. The zero-order valence-electron chi connectivity index (χ0n) is 11.2. The highest BCUT2D eigenvalue weighted by Crippen LogP contribution is 2.21. The van der Waals surface area contributed by atoms with E-state index in [1.807, 2.05) is 24.7 Å². The van der Waals surface area contributed by atoms with Crippen molar-refractivity contribution < 1.29 is 5.11 Å². The number of hydrogen-bond acceptors (Lipinski definition) is 4. The number of halogens is 1. The maximum atomic E-state index is 8.79. The van der Waals surface area contributed by atoms with Gasteiger partial charge >= 0.3 is 0 Å². The van der Waals surface area contributed by atoms with Crippen LogP contribution in [0.1, 0.15) is 30.4 Å². The summed E-state index contributed by atoms with van der Waals surface area (Å²) in [6, 6.07) is 0. The molecule has 1 N–H and O–H groups in total. The van der Waals surface area contributed by atoms with Crippen molar-refractivity contribution in [1.82, 2.24) is 24.8 Å². The van der Waals surface area contributed by atoms with E-state index in [0.29, 0.717) is 18.0 Å². The van der Waals surface area contributed by atoms with Crippen LogP contribution in [-0.4, -0.2) is 36.5 Å². The van der Waals surface area contributed by atoms with E-state index < -0.39 is 0 Å². The van der Waals surface area contributed by atoms with Crippen LogP contribution in [0, 0.1) is 6.92 Å². The number of aryl methyl sites for hydroxylation is 3. The van der Waals surface area contributed by atoms with Crippen LogP contribution in [0.15, 0.2) is 6.20 Å². The van der Waals surface area contributed by atoms with Gasteiger partial charge in [0.25, 0.3) is 0 Å². The largest absolute Gasteiger partial charge is 0.396 e. The molecule has 0 bridgehead atoms. The molecular formula is C12H18ClN5O. The summed E-state index contributed by atoms with van der Waals surface area (Å²) < 4.78 is 3.63. The van der Waals surface area contributed by atoms with Crippen LogP contribution in [0.3, 0.4) is 0 Å². The standard InChI is InChI=1S/C12H18ClN5O/c1-3-18-11(12(13)9(2)15-18)8-17-7-10(14-16-17)5-4-6-19/h7,19H,3-6,8H2,1-2H3. The molecule has 6 nitrogen and oxygen atoms in total. The highest BCUT2D eigenvalue weighted by Gasteiger charge is 2.13. The number of aromatic nitrogens is 5. The number of aliphatic hydroxyl groups is 1. The lowest BCUT2D eigenvalue weighted by Crippen LogP contribution is -2.08. The summed E-state index contributed by atoms with van der Waals surface area (Å²) in [4.78, 5) is 0. The zero-order valence-corrected chi connectivity index (χ0v) is 11.9. The maximum Gasteiger partial charge on any atom is 0.0866 e. The Kier molecular flexibility index (Phi) is 4.55. The molecule has 104 valence electrons. The van der Waals surface area contributed by atoms with Gasteiger partial charge in [0.05, 0.1) is 28.6 Å². The van der Waals surface area contributed by atoms with Gasteiger partial charge in [-0.05, 0) is 26.7 Å². The Morgan fingerprint density at radius 1 is 1.42 bits per heavy atom. The van der Waals surface area contributed by atoms with E-state index in [-0.39, 0.29) is 6.61 Å². The number of hydrogen-bond donors (Lipinski definition) is 1. The Bertz CT molecular complexity index is 548. The fourth-order valence-electron chi connectivity index (χ4n) is 1.96. The molecule has 7 heteroatoms. The molecule has 0 atom stereocenters. The molecule has 2 aromatic rings. The molecule has 2 heterocycles. The third-order valence-corrected chi connectivity index (χ3v) is 3.43. The normalized spacial score (nSPS) is 11.2. The molecule has 0 aliphatic carbocycles. The molecule has 0 radical (unpaired) electrons. The Morgan fingerprint density at radius 3 is 2.89 bits per heavy atom. The van der Waals surface area contributed by atoms with Crippen molar-refractivity contribution in [1.29, 1.82) is 0 Å². The van der Waals surface area contributed by atoms with Crippen molar-refractivity contribution in [2.45, 2.75) is 39.8 Å². The molecule has 0 saturated carbocycles. The molecule has 2 rings (SSSR count). The quantitative estimate of drug-likeness (QED) is 0.871. The van der Waals surface area contributed by atoms with Gasteiger partial charge in [-0.1, -0.05) is 16.8 Å². The second kappa shape index (κ2) is 6.16. The molecule has 0 saturated heterocycles. The van der Waals surface area contributed by atoms with E-state index in [2.05, 4.69) is 15.4 Å². The lowest BCUT2D eigenvalue weighted by atomic mass is 10.2. The summed E-state index contributed by atoms with van der Waals surface area (Å²) in [5.74, 6) is 0. The summed E-state index contributed by atoms with van der Waals surface area (Å²) in [7, 11) is 0. The predicted octanol–water partition coefficient (Wildman–Crippen LogP) is 1.43. The summed E-state index contributed by atoms with van der Waals surface area (Å²) in [5, 5.41) is 22.0. The second-order valence-corrected chi connectivity index (χ2v) is 4.77. The number of rotatable bonds is 6. The fourth-order valence-corrected chi connectivity index (χ4v) is 2.16. The highest BCUT2D eigenvalue weighted by atomic mass is 35.5. The lowest BCUT2D eigenvalue weighted by molar-refractivity contribution is 0.288. The first kappa shape index (κ1) is 14.0. The molecule has 0 aromatic carbocycles. The van der Waals surface area contributed by atoms with Crippen molar-refractivity contribution in [2.24, 2.45) is 0 Å². The number of nitrogens with zero attached hydrogens (tertiary/aromatic N) is 5. The number of aliphatic hydroxyl groups excluding tert-OH is 1. The van der Waals surface area contributed by atoms with Crippen molar-refractivity contribution >= 4 is 11.6 Å². The van der Waals surface area contributed by atoms with Crippen LogP contribution in [0.25, 0.3) is 0 Å². The van der Waals surface area contributed by atoms with E-state index >= 15 is 0 Å². The predicted molar refractivity (Wildman–Crippen MR) is 72.2 cm³/mol. The van der Waals surface area contributed by atoms with Gasteiger partial charge in [-0.15, -0.1) is 5.10 Å². The molecule has 0 amide bonds. The molecule has 0 spiro atoms. The summed E-state index contributed by atoms with van der Waals surface area (Å²) in [5.41, 5.74) is 2.66. The molecule has 0 aliphatic rings. The van der Waals surface area contributed by atoms with Gasteiger partial charge in [0.2, 0.25) is 0 Å². The molecule has 0 aliphatic heterocycles. The Labute approximate surface area is 117 Å². The highest BCUT2D eigenvalue weighted by molar-refractivity contribution is 6.31. The second-order valence-electron chi connectivity index (χ2n) is 4.40. The molecule has 19 heavy (non-hydrogen) atoms. The average molecular weight is 284 g/mol. The van der Waals surface area contributed by atoms with E-state index in [1.165, 1.54) is 0 Å². The van der Waals surface area contributed by atoms with E-state index in [1.54, 1.807) is 4.68 Å². The van der Waals surface area contributed by atoms with E-state index in [0.717, 1.165) is 30.0 Å². The minimum Gasteiger partial charge on any atom is -0.396 e. The third kappa shape index (κ3) is 3.13. The first-order chi connectivity index (χ1) is 9.15. The van der Waals surface area contributed by atoms with Crippen LogP contribution in [0.5, 0.6) is 0 Å². The zero-order chi connectivity index (χ0) is 13.8. The van der Waals surface area contributed by atoms with Gasteiger partial charge in [0.15, 0.2) is 0 Å². The van der Waals surface area contributed by atoms with Gasteiger partial charge in [0, 0.05) is 19.3 Å². The van der Waals surface area contributed by atoms with Crippen LogP contribution < -0.4 is 0 Å². The molecule has 0 fully saturated rings. The van der Waals surface area contributed by atoms with Gasteiger partial charge < -0.3 is 5.11 Å². The van der Waals surface area contributed by atoms with Crippen molar-refractivity contribution in [2.75, 3.05) is 6.61 Å². The van der Waals surface area contributed by atoms with Gasteiger partial charge in [-0.25, -0.2) is 4.68 Å². The van der Waals surface area contributed by atoms with Crippen LogP contribution in [0.4, 0.5) is 0 Å². The van der Waals surface area contributed by atoms with Crippen LogP contribution >= 0.6 is 11.6 Å². The molecule has 2 aromatic heterocycles. The third-order valence-electron chi connectivity index (χ3n) is 2.94. The summed E-state index contributed by atoms with van der Waals surface area (Å²) >= 11 is 6.26. The Balaban J connectivity index is 2.14. The van der Waals surface area contributed by atoms with Gasteiger partial charge in [-0.2, -0.15) is 5.10 Å². The van der Waals surface area contributed by atoms with Gasteiger partial charge in [-0.3, -0.25) is 4.68 Å². The Morgan fingerprint density at radius 2 is 2.21 bits per heavy atom. The van der Waals surface area contributed by atoms with Gasteiger partial charge in [0.1, 0.15) is 0 Å². The van der Waals surface area contributed by atoms with Crippen molar-refractivity contribution in [3.63, 3.8) is 0 Å². The first-order valence-corrected chi connectivity index (χ1v) is 6.75. The maximum absolute atomic E-state index is 8.79. The topological polar surface area (TPSA) is 68.8 Å². The van der Waals surface area contributed by atoms with E-state index in [4.69, 9.17) is 16.7 Å². The van der Waals surface area contributed by atoms with E-state index in [9.17, 15) is 0 Å². The fraction of sp³-hybridized carbons (Fsp3) is 0.583. The van der Waals surface area contributed by atoms with Crippen LogP contribution in [-0.2, 0) is 19.5 Å². The van der Waals surface area contributed by atoms with Crippen molar-refractivity contribution in [3.8, 4) is 0 Å². The SMILES string of the molecule is CCn1nc(C)c(Cl)c1Cn1cc(CCCO)nn1. The minimum atomic E-state index is 0.167. The first-order valence-electron chi connectivity index (χ1n) is 6.37. The minimum absolute atomic E-state index is 0.167.